The smallest absolute Gasteiger partial charge is 0.327 e. The molecule has 2 aromatic carbocycles. The summed E-state index contributed by atoms with van der Waals surface area (Å²) < 4.78 is 18.6. The fourth-order valence-electron chi connectivity index (χ4n) is 5.49. The molecule has 0 spiro atoms. The van der Waals surface area contributed by atoms with Gasteiger partial charge in [0.2, 0.25) is 5.79 Å². The van der Waals surface area contributed by atoms with Gasteiger partial charge in [0.15, 0.2) is 0 Å². The highest BCUT2D eigenvalue weighted by molar-refractivity contribution is 6.06. The van der Waals surface area contributed by atoms with Gasteiger partial charge in [-0.1, -0.05) is 6.92 Å². The fraction of sp³-hybridized carbons (Fsp3) is 0.412. The molecular formula is C34H45N9O4. The zero-order valence-corrected chi connectivity index (χ0v) is 27.0. The number of nitrogens with one attached hydrogen (secondary N) is 3. The monoisotopic (exact) mass is 643 g/mol. The number of hydrogen-bond donors (Lipinski definition) is 4. The average molecular weight is 644 g/mol. The molecule has 0 bridgehead atoms. The number of amides is 2. The van der Waals surface area contributed by atoms with Crippen molar-refractivity contribution in [1.82, 2.24) is 15.7 Å². The van der Waals surface area contributed by atoms with Gasteiger partial charge in [0, 0.05) is 74.3 Å². The van der Waals surface area contributed by atoms with Crippen molar-refractivity contribution in [3.8, 4) is 5.75 Å². The van der Waals surface area contributed by atoms with Crippen LogP contribution in [0.5, 0.6) is 5.75 Å². The first-order valence-electron chi connectivity index (χ1n) is 16.0. The van der Waals surface area contributed by atoms with Gasteiger partial charge in [0.05, 0.1) is 25.2 Å². The van der Waals surface area contributed by atoms with E-state index in [9.17, 15) is 4.79 Å². The van der Waals surface area contributed by atoms with E-state index in [0.717, 1.165) is 61.6 Å². The van der Waals surface area contributed by atoms with E-state index in [1.807, 2.05) is 62.4 Å². The summed E-state index contributed by atoms with van der Waals surface area (Å²) in [6.07, 6.45) is 6.62. The molecule has 47 heavy (non-hydrogen) atoms. The maximum absolute atomic E-state index is 12.6. The average Bonchev–Trinajstić information content (AvgIpc) is 3.55. The molecule has 0 aliphatic carbocycles. The lowest BCUT2D eigenvalue weighted by molar-refractivity contribution is -0.175. The SMILES string of the molecule is CCC(C)NC(=O)N(C=N)c1ccc(N2CCN(c3ccc(OCC4CO[C@@](CN/N=C\CN)(c5ccncc5)O4)cc3)CC2)cc1. The summed E-state index contributed by atoms with van der Waals surface area (Å²) in [5.74, 6) is -0.235. The number of carbonyl (C=O) groups is 1. The lowest BCUT2D eigenvalue weighted by atomic mass is 10.1. The van der Waals surface area contributed by atoms with Crippen molar-refractivity contribution in [2.45, 2.75) is 38.2 Å². The highest BCUT2D eigenvalue weighted by Gasteiger charge is 2.43. The van der Waals surface area contributed by atoms with Gasteiger partial charge >= 0.3 is 6.03 Å². The summed E-state index contributed by atoms with van der Waals surface area (Å²) in [7, 11) is 0. The molecule has 5 rings (SSSR count). The summed E-state index contributed by atoms with van der Waals surface area (Å²) >= 11 is 0. The number of carbonyl (C=O) groups excluding carboxylic acids is 1. The van der Waals surface area contributed by atoms with Gasteiger partial charge in [-0.25, -0.2) is 4.79 Å². The lowest BCUT2D eigenvalue weighted by Crippen LogP contribution is -2.46. The van der Waals surface area contributed by atoms with Gasteiger partial charge in [-0.15, -0.1) is 0 Å². The standard InChI is InChI=1S/C34H45N9O4/c1-3-26(2)40-33(44)43(25-36)30-6-4-28(5-7-30)41-18-20-42(21-19-41)29-8-10-31(11-9-29)45-22-32-23-46-34(47-32,24-39-38-17-14-35)27-12-15-37-16-13-27/h4-13,15-17,25-26,32,36,39H,3,14,18-24,35H2,1-2H3,(H,40,44)/b36-25?,38-17-/t26?,32?,34-/m1/s1. The second-order valence-corrected chi connectivity index (χ2v) is 11.5. The quantitative estimate of drug-likeness (QED) is 0.117. The molecule has 2 aliphatic rings. The van der Waals surface area contributed by atoms with Crippen molar-refractivity contribution < 1.29 is 19.0 Å². The molecule has 2 unspecified atom stereocenters. The number of hydrogen-bond acceptors (Lipinski definition) is 11. The van der Waals surface area contributed by atoms with Gasteiger partial charge in [0.25, 0.3) is 0 Å². The number of rotatable bonds is 14. The molecule has 0 saturated carbocycles. The van der Waals surface area contributed by atoms with Crippen LogP contribution in [-0.2, 0) is 15.3 Å². The van der Waals surface area contributed by atoms with Crippen LogP contribution in [0.1, 0.15) is 25.8 Å². The number of pyridine rings is 1. The fourth-order valence-corrected chi connectivity index (χ4v) is 5.49. The van der Waals surface area contributed by atoms with Crippen LogP contribution in [0.25, 0.3) is 0 Å². The van der Waals surface area contributed by atoms with E-state index in [4.69, 9.17) is 25.4 Å². The Morgan fingerprint density at radius 1 is 1.11 bits per heavy atom. The molecule has 5 N–H and O–H groups in total. The Morgan fingerprint density at radius 2 is 1.74 bits per heavy atom. The Kier molecular flexibility index (Phi) is 11.6. The van der Waals surface area contributed by atoms with Crippen molar-refractivity contribution in [2.24, 2.45) is 10.8 Å². The number of ether oxygens (including phenoxy) is 3. The molecule has 2 fully saturated rings. The Balaban J connectivity index is 1.10. The van der Waals surface area contributed by atoms with E-state index in [2.05, 4.69) is 42.8 Å². The molecular weight excluding hydrogens is 598 g/mol. The van der Waals surface area contributed by atoms with Crippen LogP contribution in [-0.4, -0.2) is 88.2 Å². The topological polar surface area (TPSA) is 154 Å². The van der Waals surface area contributed by atoms with Gasteiger partial charge in [-0.05, 0) is 74.0 Å². The van der Waals surface area contributed by atoms with Gasteiger partial charge in [0.1, 0.15) is 18.5 Å². The van der Waals surface area contributed by atoms with Crippen LogP contribution < -0.4 is 35.9 Å². The van der Waals surface area contributed by atoms with Crippen LogP contribution in [0.4, 0.5) is 21.9 Å². The van der Waals surface area contributed by atoms with Crippen LogP contribution in [0.15, 0.2) is 78.2 Å². The normalized spacial score (nSPS) is 20.2. The molecule has 250 valence electrons. The molecule has 2 aliphatic heterocycles. The highest BCUT2D eigenvalue weighted by atomic mass is 16.8. The Labute approximate surface area is 276 Å². The molecule has 3 atom stereocenters. The second-order valence-electron chi connectivity index (χ2n) is 11.5. The molecule has 13 heteroatoms. The minimum absolute atomic E-state index is 0.0430. The molecule has 2 amide bonds. The molecule has 3 aromatic rings. The van der Waals surface area contributed by atoms with E-state index >= 15 is 0 Å². The maximum atomic E-state index is 12.6. The Hall–Kier alpha value is -4.72. The Bertz CT molecular complexity index is 1450. The first-order valence-corrected chi connectivity index (χ1v) is 16.0. The minimum Gasteiger partial charge on any atom is -0.491 e. The number of urea groups is 1. The van der Waals surface area contributed by atoms with Crippen LogP contribution >= 0.6 is 0 Å². The predicted molar refractivity (Wildman–Crippen MR) is 185 cm³/mol. The zero-order valence-electron chi connectivity index (χ0n) is 27.0. The van der Waals surface area contributed by atoms with Crippen molar-refractivity contribution in [3.63, 3.8) is 0 Å². The number of aromatic nitrogens is 1. The summed E-state index contributed by atoms with van der Waals surface area (Å²) in [4.78, 5) is 22.7. The van der Waals surface area contributed by atoms with Crippen LogP contribution in [0.2, 0.25) is 0 Å². The first kappa shape index (κ1) is 33.6. The summed E-state index contributed by atoms with van der Waals surface area (Å²) in [6, 6.07) is 19.4. The van der Waals surface area contributed by atoms with E-state index in [0.29, 0.717) is 32.0 Å². The third-order valence-electron chi connectivity index (χ3n) is 8.32. The van der Waals surface area contributed by atoms with E-state index in [-0.39, 0.29) is 18.2 Å². The molecule has 13 nitrogen and oxygen atoms in total. The summed E-state index contributed by atoms with van der Waals surface area (Å²) in [5.41, 5.74) is 12.2. The Morgan fingerprint density at radius 3 is 2.34 bits per heavy atom. The van der Waals surface area contributed by atoms with E-state index in [1.165, 1.54) is 4.90 Å². The highest BCUT2D eigenvalue weighted by Crippen LogP contribution is 2.34. The predicted octanol–water partition coefficient (Wildman–Crippen LogP) is 3.51. The second kappa shape index (κ2) is 16.2. The third kappa shape index (κ3) is 8.56. The van der Waals surface area contributed by atoms with Crippen molar-refractivity contribution in [3.05, 3.63) is 78.6 Å². The minimum atomic E-state index is -0.999. The number of hydrazone groups is 1. The first-order chi connectivity index (χ1) is 22.9. The lowest BCUT2D eigenvalue weighted by Gasteiger charge is -2.37. The van der Waals surface area contributed by atoms with Crippen molar-refractivity contribution in [2.75, 3.05) is 67.2 Å². The number of benzene rings is 2. The third-order valence-corrected chi connectivity index (χ3v) is 8.32. The van der Waals surface area contributed by atoms with Gasteiger partial charge < -0.3 is 40.5 Å². The van der Waals surface area contributed by atoms with Crippen LogP contribution in [0.3, 0.4) is 0 Å². The molecule has 0 radical (unpaired) electrons. The molecule has 3 heterocycles. The van der Waals surface area contributed by atoms with E-state index in [1.54, 1.807) is 18.6 Å². The number of nitrogens with zero attached hydrogens (tertiary/aromatic N) is 5. The summed E-state index contributed by atoms with van der Waals surface area (Å²) in [6.45, 7) is 8.82. The zero-order chi connectivity index (χ0) is 33.1. The van der Waals surface area contributed by atoms with Gasteiger partial charge in [-0.2, -0.15) is 5.10 Å². The number of piperazine rings is 1. The van der Waals surface area contributed by atoms with Crippen LogP contribution in [0, 0.1) is 5.41 Å². The molecule has 2 saturated heterocycles. The number of anilines is 3. The number of nitrogens with two attached hydrogens (primary N) is 1. The van der Waals surface area contributed by atoms with Gasteiger partial charge in [-0.3, -0.25) is 15.3 Å². The maximum Gasteiger partial charge on any atom is 0.327 e. The summed E-state index contributed by atoms with van der Waals surface area (Å²) in [5, 5.41) is 14.7. The van der Waals surface area contributed by atoms with E-state index < -0.39 is 5.79 Å². The van der Waals surface area contributed by atoms with Crippen molar-refractivity contribution in [1.29, 1.82) is 5.41 Å². The van der Waals surface area contributed by atoms with Crippen molar-refractivity contribution >= 4 is 35.6 Å². The largest absolute Gasteiger partial charge is 0.491 e. The molecule has 1 aromatic heterocycles.